The van der Waals surface area contributed by atoms with Crippen molar-refractivity contribution in [3.63, 3.8) is 0 Å². The van der Waals surface area contributed by atoms with Crippen LogP contribution in [0.4, 0.5) is 74.6 Å². The lowest BCUT2D eigenvalue weighted by Gasteiger charge is -2.41. The van der Waals surface area contributed by atoms with E-state index in [1.54, 1.807) is 0 Å². The highest BCUT2D eigenvalue weighted by molar-refractivity contribution is 5.84. The quantitative estimate of drug-likeness (QED) is 0.207. The zero-order valence-electron chi connectivity index (χ0n) is 18.8. The molecule has 0 unspecified atom stereocenters. The van der Waals surface area contributed by atoms with E-state index in [1.807, 2.05) is 0 Å². The Hall–Kier alpha value is -1.80. The third-order valence-electron chi connectivity index (χ3n) is 4.49. The molecule has 0 aliphatic rings. The molecule has 0 aliphatic heterocycles. The van der Waals surface area contributed by atoms with Crippen LogP contribution in [-0.4, -0.2) is 72.3 Å². The molecule has 4 nitrogen and oxygen atoms in total. The molecule has 0 N–H and O–H groups in total. The zero-order valence-corrected chi connectivity index (χ0v) is 18.8. The normalized spacial score (nSPS) is 17.7. The number of hydrogen-bond acceptors (Lipinski definition) is 3. The van der Waals surface area contributed by atoms with Crippen molar-refractivity contribution in [2.24, 2.45) is 0 Å². The van der Waals surface area contributed by atoms with Gasteiger partial charge in [0.25, 0.3) is 5.91 Å². The molecule has 0 aromatic carbocycles. The maximum atomic E-state index is 14.7. The minimum absolute atomic E-state index is 0.0518. The predicted octanol–water partition coefficient (Wildman–Crippen LogP) is 7.29. The molecule has 0 fully saturated rings. The number of nitrogens with zero attached hydrogens (tertiary/aromatic N) is 1. The molecule has 0 saturated carbocycles. The summed E-state index contributed by atoms with van der Waals surface area (Å²) >= 11 is 0. The number of ether oxygens (including phenoxy) is 2. The van der Waals surface area contributed by atoms with Crippen molar-refractivity contribution in [1.82, 2.24) is 4.90 Å². The Morgan fingerprint density at radius 3 is 1.26 bits per heavy atom. The molecule has 0 rings (SSSR count). The molecule has 0 bridgehead atoms. The molecular formula is C17H18F17NO3. The van der Waals surface area contributed by atoms with Crippen LogP contribution in [-0.2, 0) is 14.3 Å². The summed E-state index contributed by atoms with van der Waals surface area (Å²) in [6.07, 6.45) is -38.8. The van der Waals surface area contributed by atoms with Crippen molar-refractivity contribution in [3.8, 4) is 0 Å². The SMILES string of the molecule is CCCCN(CCCC)C(=O)[C@@](F)(OC(F)(F)[C@@](F)(OC(F)(F)C(F)(F)C(F)(F)F)C(F)(F)F)C(F)(F)F. The number of hydrogen-bond donors (Lipinski definition) is 0. The van der Waals surface area contributed by atoms with Crippen molar-refractivity contribution in [1.29, 1.82) is 0 Å². The number of carbonyl (C=O) groups excluding carboxylic acids is 1. The van der Waals surface area contributed by atoms with Crippen molar-refractivity contribution < 1.29 is 88.9 Å². The average Bonchev–Trinajstić information content (AvgIpc) is 2.70. The minimum Gasteiger partial charge on any atom is -0.337 e. The fourth-order valence-corrected chi connectivity index (χ4v) is 2.37. The lowest BCUT2D eigenvalue weighted by Crippen LogP contribution is -2.69. The van der Waals surface area contributed by atoms with Crippen LogP contribution < -0.4 is 0 Å². The topological polar surface area (TPSA) is 38.8 Å². The van der Waals surface area contributed by atoms with E-state index in [2.05, 4.69) is 4.74 Å². The second kappa shape index (κ2) is 11.4. The van der Waals surface area contributed by atoms with E-state index < -0.39 is 67.4 Å². The van der Waals surface area contributed by atoms with Gasteiger partial charge in [0.2, 0.25) is 0 Å². The molecule has 1 amide bonds. The first-order valence-electron chi connectivity index (χ1n) is 10.0. The van der Waals surface area contributed by atoms with Crippen LogP contribution in [0.3, 0.4) is 0 Å². The van der Waals surface area contributed by atoms with Crippen molar-refractivity contribution >= 4 is 5.91 Å². The summed E-state index contributed by atoms with van der Waals surface area (Å²) < 4.78 is 228. The first-order valence-corrected chi connectivity index (χ1v) is 10.0. The number of carbonyl (C=O) groups is 1. The molecule has 0 heterocycles. The molecule has 0 radical (unpaired) electrons. The van der Waals surface area contributed by atoms with E-state index in [1.165, 1.54) is 18.6 Å². The van der Waals surface area contributed by atoms with E-state index in [0.29, 0.717) is 0 Å². The fourth-order valence-electron chi connectivity index (χ4n) is 2.37. The Labute approximate surface area is 202 Å². The molecule has 21 heteroatoms. The molecule has 0 aromatic rings. The summed E-state index contributed by atoms with van der Waals surface area (Å²) in [5.41, 5.74) is 0. The number of rotatable bonds is 13. The molecule has 0 spiro atoms. The van der Waals surface area contributed by atoms with Gasteiger partial charge in [-0.2, -0.15) is 74.6 Å². The van der Waals surface area contributed by atoms with E-state index in [0.717, 1.165) is 0 Å². The second-order valence-electron chi connectivity index (χ2n) is 7.50. The highest BCUT2D eigenvalue weighted by Crippen LogP contribution is 2.56. The zero-order chi connectivity index (χ0) is 30.8. The van der Waals surface area contributed by atoms with Gasteiger partial charge < -0.3 is 4.90 Å². The Kier molecular flexibility index (Phi) is 10.8. The van der Waals surface area contributed by atoms with Crippen LogP contribution in [0.2, 0.25) is 0 Å². The third kappa shape index (κ3) is 7.04. The Bertz CT molecular complexity index is 786. The van der Waals surface area contributed by atoms with Crippen LogP contribution in [0.15, 0.2) is 0 Å². The molecule has 228 valence electrons. The Balaban J connectivity index is 6.87. The number of unbranched alkanes of at least 4 members (excludes halogenated alkanes) is 2. The maximum Gasteiger partial charge on any atom is 0.462 e. The Morgan fingerprint density at radius 1 is 0.579 bits per heavy atom. The first kappa shape index (κ1) is 36.2. The van der Waals surface area contributed by atoms with Crippen LogP contribution >= 0.6 is 0 Å². The second-order valence-corrected chi connectivity index (χ2v) is 7.50. The summed E-state index contributed by atoms with van der Waals surface area (Å²) in [5, 5.41) is 0. The van der Waals surface area contributed by atoms with E-state index in [4.69, 9.17) is 0 Å². The van der Waals surface area contributed by atoms with E-state index >= 15 is 0 Å². The third-order valence-corrected chi connectivity index (χ3v) is 4.49. The van der Waals surface area contributed by atoms with Gasteiger partial charge in [-0.25, -0.2) is 0 Å². The fraction of sp³-hybridized carbons (Fsp3) is 0.941. The molecule has 2 atom stereocenters. The van der Waals surface area contributed by atoms with Crippen molar-refractivity contribution in [2.45, 2.75) is 87.9 Å². The van der Waals surface area contributed by atoms with Gasteiger partial charge >= 0.3 is 48.4 Å². The van der Waals surface area contributed by atoms with Crippen molar-refractivity contribution in [2.75, 3.05) is 13.1 Å². The molecule has 0 saturated heterocycles. The molecule has 38 heavy (non-hydrogen) atoms. The van der Waals surface area contributed by atoms with Gasteiger partial charge in [0.1, 0.15) is 0 Å². The van der Waals surface area contributed by atoms with Crippen LogP contribution in [0.25, 0.3) is 0 Å². The van der Waals surface area contributed by atoms with Crippen LogP contribution in [0.5, 0.6) is 0 Å². The smallest absolute Gasteiger partial charge is 0.337 e. The molecule has 0 aliphatic carbocycles. The van der Waals surface area contributed by atoms with Gasteiger partial charge in [-0.05, 0) is 12.8 Å². The number of halogens is 17. The van der Waals surface area contributed by atoms with E-state index in [9.17, 15) is 79.4 Å². The summed E-state index contributed by atoms with van der Waals surface area (Å²) in [6.45, 7) is 0.958. The number of alkyl halides is 17. The highest BCUT2D eigenvalue weighted by atomic mass is 19.4. The average molecular weight is 607 g/mol. The van der Waals surface area contributed by atoms with Gasteiger partial charge in [-0.3, -0.25) is 14.3 Å². The van der Waals surface area contributed by atoms with Crippen LogP contribution in [0.1, 0.15) is 39.5 Å². The van der Waals surface area contributed by atoms with Gasteiger partial charge in [-0.15, -0.1) is 0 Å². The highest BCUT2D eigenvalue weighted by Gasteiger charge is 2.85. The number of amides is 1. The molecule has 0 aromatic heterocycles. The monoisotopic (exact) mass is 607 g/mol. The van der Waals surface area contributed by atoms with Gasteiger partial charge in [0.15, 0.2) is 0 Å². The molecular weight excluding hydrogens is 589 g/mol. The van der Waals surface area contributed by atoms with Crippen molar-refractivity contribution in [3.05, 3.63) is 0 Å². The minimum atomic E-state index is -8.02. The standard InChI is InChI=1S/C17H18F17NO3/c1-3-5-7-35(8-6-4-2)9(36)10(18,13(22,23)24)37-17(33,34)12(21,15(28,29)30)38-16(31,32)11(19,20)14(25,26)27/h3-8H2,1-2H3/t10-,12+/m1/s1. The summed E-state index contributed by atoms with van der Waals surface area (Å²) in [5.74, 6) is -25.8. The lowest BCUT2D eigenvalue weighted by atomic mass is 10.1. The van der Waals surface area contributed by atoms with Gasteiger partial charge in [-0.1, -0.05) is 26.7 Å². The lowest BCUT2D eigenvalue weighted by molar-refractivity contribution is -0.548. The summed E-state index contributed by atoms with van der Waals surface area (Å²) in [4.78, 5) is 12.0. The first-order chi connectivity index (χ1) is 16.6. The summed E-state index contributed by atoms with van der Waals surface area (Å²) in [7, 11) is 0. The predicted molar refractivity (Wildman–Crippen MR) is 89.3 cm³/mol. The largest absolute Gasteiger partial charge is 0.462 e. The van der Waals surface area contributed by atoms with Crippen LogP contribution in [0, 0.1) is 0 Å². The maximum absolute atomic E-state index is 14.7. The van der Waals surface area contributed by atoms with E-state index in [-0.39, 0.29) is 30.6 Å². The Morgan fingerprint density at radius 2 is 0.974 bits per heavy atom. The summed E-state index contributed by atoms with van der Waals surface area (Å²) in [6, 6.07) is 0. The van der Waals surface area contributed by atoms with Gasteiger partial charge in [0.05, 0.1) is 0 Å². The van der Waals surface area contributed by atoms with Gasteiger partial charge in [0, 0.05) is 13.1 Å².